The number of rotatable bonds is 7. The monoisotopic (exact) mass is 393 g/mol. The molecule has 0 spiro atoms. The molecule has 0 aliphatic heterocycles. The lowest BCUT2D eigenvalue weighted by Crippen LogP contribution is -2.51. The first-order chi connectivity index (χ1) is 13.0. The molecule has 5 heteroatoms. The van der Waals surface area contributed by atoms with Gasteiger partial charge in [0.15, 0.2) is 0 Å². The highest BCUT2D eigenvalue weighted by molar-refractivity contribution is 5.45. The van der Waals surface area contributed by atoms with Crippen LogP contribution in [0.2, 0.25) is 0 Å². The van der Waals surface area contributed by atoms with Gasteiger partial charge in [-0.15, -0.1) is 0 Å². The average Bonchev–Trinajstić information content (AvgIpc) is 2.65. The first kappa shape index (κ1) is 22.3. The summed E-state index contributed by atoms with van der Waals surface area (Å²) in [5, 5.41) is 0. The van der Waals surface area contributed by atoms with E-state index in [1.165, 1.54) is 19.2 Å². The summed E-state index contributed by atoms with van der Waals surface area (Å²) in [7, 11) is 1.48. The summed E-state index contributed by atoms with van der Waals surface area (Å²) < 4.78 is 45.6. The molecule has 2 nitrogen and oxygen atoms in total. The lowest BCUT2D eigenvalue weighted by atomic mass is 9.69. The average molecular weight is 393 g/mol. The highest BCUT2D eigenvalue weighted by atomic mass is 19.4. The lowest BCUT2D eigenvalue weighted by molar-refractivity contribution is -0.137. The van der Waals surface area contributed by atoms with Crippen molar-refractivity contribution < 1.29 is 17.9 Å². The van der Waals surface area contributed by atoms with Crippen LogP contribution in [-0.4, -0.2) is 12.6 Å². The third kappa shape index (κ3) is 4.69. The Morgan fingerprint density at radius 1 is 0.929 bits per heavy atom. The van der Waals surface area contributed by atoms with E-state index in [0.717, 1.165) is 11.6 Å². The van der Waals surface area contributed by atoms with Crippen molar-refractivity contribution in [3.8, 4) is 5.75 Å². The van der Waals surface area contributed by atoms with Crippen molar-refractivity contribution >= 4 is 0 Å². The van der Waals surface area contributed by atoms with E-state index >= 15 is 0 Å². The maximum absolute atomic E-state index is 13.4. The van der Waals surface area contributed by atoms with Crippen molar-refractivity contribution in [2.24, 2.45) is 17.6 Å². The topological polar surface area (TPSA) is 35.2 Å². The molecule has 0 saturated carbocycles. The molecular weight excluding hydrogens is 363 g/mol. The molecule has 0 saturated heterocycles. The largest absolute Gasteiger partial charge is 0.496 e. The Morgan fingerprint density at radius 3 is 1.96 bits per heavy atom. The van der Waals surface area contributed by atoms with Crippen molar-refractivity contribution in [2.45, 2.75) is 51.7 Å². The number of ether oxygens (including phenoxy) is 1. The molecular formula is C23H30F3NO. The van der Waals surface area contributed by atoms with Gasteiger partial charge in [-0.2, -0.15) is 13.2 Å². The number of hydrogen-bond acceptors (Lipinski definition) is 2. The molecule has 0 radical (unpaired) electrons. The Labute approximate surface area is 165 Å². The summed E-state index contributed by atoms with van der Waals surface area (Å²) in [5.41, 5.74) is 7.03. The molecule has 1 atom stereocenters. The molecule has 2 rings (SSSR count). The molecule has 0 aromatic heterocycles. The smallest absolute Gasteiger partial charge is 0.416 e. The molecule has 0 aliphatic carbocycles. The number of nitrogens with two attached hydrogens (primary N) is 1. The first-order valence-electron chi connectivity index (χ1n) is 9.59. The van der Waals surface area contributed by atoms with Crippen LogP contribution in [0.1, 0.15) is 56.7 Å². The van der Waals surface area contributed by atoms with E-state index in [2.05, 4.69) is 27.7 Å². The summed E-state index contributed by atoms with van der Waals surface area (Å²) in [4.78, 5) is 0. The van der Waals surface area contributed by atoms with E-state index in [1.54, 1.807) is 0 Å². The molecule has 0 bridgehead atoms. The molecule has 0 heterocycles. The van der Waals surface area contributed by atoms with Crippen molar-refractivity contribution in [3.63, 3.8) is 0 Å². The van der Waals surface area contributed by atoms with Gasteiger partial charge in [-0.05, 0) is 42.0 Å². The van der Waals surface area contributed by atoms with Gasteiger partial charge in [-0.1, -0.05) is 58.0 Å². The fourth-order valence-electron chi connectivity index (χ4n) is 3.77. The van der Waals surface area contributed by atoms with E-state index < -0.39 is 17.3 Å². The first-order valence-corrected chi connectivity index (χ1v) is 9.59. The maximum Gasteiger partial charge on any atom is 0.416 e. The van der Waals surface area contributed by atoms with Gasteiger partial charge in [0, 0.05) is 17.0 Å². The Hall–Kier alpha value is -2.01. The SMILES string of the molecule is COc1ccc(C(F)(F)F)cc1C(CC(N)(C(C)C)C(C)C)c1ccccc1. The standard InChI is InChI=1S/C23H30F3NO/c1-15(2)22(27,16(3)4)14-20(17-9-7-6-8-10-17)19-13-18(23(24,25)26)11-12-21(19)28-5/h6-13,15-16,20H,14,27H2,1-5H3. The third-order valence-corrected chi connectivity index (χ3v) is 5.84. The minimum absolute atomic E-state index is 0.163. The minimum Gasteiger partial charge on any atom is -0.496 e. The van der Waals surface area contributed by atoms with Gasteiger partial charge in [0.2, 0.25) is 0 Å². The second kappa shape index (κ2) is 8.56. The van der Waals surface area contributed by atoms with Crippen LogP contribution in [0.15, 0.2) is 48.5 Å². The zero-order chi connectivity index (χ0) is 21.1. The van der Waals surface area contributed by atoms with Crippen LogP contribution in [0.25, 0.3) is 0 Å². The van der Waals surface area contributed by atoms with Crippen LogP contribution in [0.3, 0.4) is 0 Å². The number of methoxy groups -OCH3 is 1. The highest BCUT2D eigenvalue weighted by Gasteiger charge is 2.38. The van der Waals surface area contributed by atoms with E-state index in [0.29, 0.717) is 17.7 Å². The highest BCUT2D eigenvalue weighted by Crippen LogP contribution is 2.43. The molecule has 28 heavy (non-hydrogen) atoms. The number of halogens is 3. The Balaban J connectivity index is 2.67. The quantitative estimate of drug-likeness (QED) is 0.604. The summed E-state index contributed by atoms with van der Waals surface area (Å²) in [6.45, 7) is 8.24. The van der Waals surface area contributed by atoms with Gasteiger partial charge in [0.05, 0.1) is 12.7 Å². The summed E-state index contributed by atoms with van der Waals surface area (Å²) in [5.74, 6) is 0.455. The molecule has 2 aromatic rings. The fourth-order valence-corrected chi connectivity index (χ4v) is 3.77. The van der Waals surface area contributed by atoms with Gasteiger partial charge in [-0.25, -0.2) is 0 Å². The molecule has 154 valence electrons. The molecule has 2 N–H and O–H groups in total. The number of benzene rings is 2. The zero-order valence-electron chi connectivity index (χ0n) is 17.2. The van der Waals surface area contributed by atoms with Gasteiger partial charge < -0.3 is 10.5 Å². The van der Waals surface area contributed by atoms with Crippen LogP contribution >= 0.6 is 0 Å². The van der Waals surface area contributed by atoms with Crippen LogP contribution in [0.5, 0.6) is 5.75 Å². The molecule has 0 aliphatic rings. The Bertz CT molecular complexity index is 761. The number of hydrogen-bond donors (Lipinski definition) is 1. The van der Waals surface area contributed by atoms with E-state index in [1.807, 2.05) is 30.3 Å². The third-order valence-electron chi connectivity index (χ3n) is 5.84. The Morgan fingerprint density at radius 2 is 1.50 bits per heavy atom. The van der Waals surface area contributed by atoms with Crippen LogP contribution in [0, 0.1) is 11.8 Å². The number of alkyl halides is 3. The molecule has 1 unspecified atom stereocenters. The van der Waals surface area contributed by atoms with Gasteiger partial charge in [0.1, 0.15) is 5.75 Å². The van der Waals surface area contributed by atoms with Crippen molar-refractivity contribution in [2.75, 3.05) is 7.11 Å². The van der Waals surface area contributed by atoms with E-state index in [9.17, 15) is 13.2 Å². The molecule has 0 amide bonds. The van der Waals surface area contributed by atoms with Crippen LogP contribution in [0.4, 0.5) is 13.2 Å². The normalized spacial score (nSPS) is 13.8. The maximum atomic E-state index is 13.4. The van der Waals surface area contributed by atoms with Crippen LogP contribution in [-0.2, 0) is 6.18 Å². The zero-order valence-corrected chi connectivity index (χ0v) is 17.2. The van der Waals surface area contributed by atoms with Gasteiger partial charge in [-0.3, -0.25) is 0 Å². The predicted octanol–water partition coefficient (Wildman–Crippen LogP) is 6.25. The Kier molecular flexibility index (Phi) is 6.81. The van der Waals surface area contributed by atoms with Gasteiger partial charge >= 0.3 is 6.18 Å². The van der Waals surface area contributed by atoms with E-state index in [4.69, 9.17) is 10.5 Å². The summed E-state index contributed by atoms with van der Waals surface area (Å²) in [6.07, 6.45) is -3.90. The fraction of sp³-hybridized carbons (Fsp3) is 0.478. The van der Waals surface area contributed by atoms with E-state index in [-0.39, 0.29) is 17.8 Å². The summed E-state index contributed by atoms with van der Waals surface area (Å²) >= 11 is 0. The minimum atomic E-state index is -4.42. The summed E-state index contributed by atoms with van der Waals surface area (Å²) in [6, 6.07) is 13.2. The predicted molar refractivity (Wildman–Crippen MR) is 107 cm³/mol. The van der Waals surface area contributed by atoms with Crippen molar-refractivity contribution in [1.29, 1.82) is 0 Å². The van der Waals surface area contributed by atoms with Crippen molar-refractivity contribution in [1.82, 2.24) is 0 Å². The lowest BCUT2D eigenvalue weighted by Gasteiger charge is -2.41. The van der Waals surface area contributed by atoms with Gasteiger partial charge in [0.25, 0.3) is 0 Å². The molecule has 0 fully saturated rings. The second-order valence-electron chi connectivity index (χ2n) is 8.04. The second-order valence-corrected chi connectivity index (χ2v) is 8.04. The van der Waals surface area contributed by atoms with Crippen molar-refractivity contribution in [3.05, 3.63) is 65.2 Å². The van der Waals surface area contributed by atoms with Crippen LogP contribution < -0.4 is 10.5 Å². The molecule has 2 aromatic carbocycles.